The number of carboxylic acid groups (broad SMARTS) is 2. The molecule has 0 aliphatic rings. The zero-order valence-corrected chi connectivity index (χ0v) is 25.6. The Morgan fingerprint density at radius 1 is 0.683 bits per heavy atom. The average Bonchev–Trinajstić information content (AvgIpc) is 2.93. The van der Waals surface area contributed by atoms with Crippen LogP contribution in [0.25, 0.3) is 0 Å². The number of aliphatic carboxylic acids is 2. The highest BCUT2D eigenvalue weighted by Gasteiger charge is 2.10. The molecular formula is C27H54O14. The monoisotopic (exact) mass is 602 g/mol. The first kappa shape index (κ1) is 46.0. The second-order valence-corrected chi connectivity index (χ2v) is 8.79. The number of hydrogen-bond acceptors (Lipinski definition) is 12. The first-order valence-corrected chi connectivity index (χ1v) is 12.9. The van der Waals surface area contributed by atoms with Gasteiger partial charge in [0.15, 0.2) is 0 Å². The molecule has 41 heavy (non-hydrogen) atoms. The number of methoxy groups -OCH3 is 2. The van der Waals surface area contributed by atoms with E-state index in [-0.39, 0.29) is 69.6 Å². The molecule has 6 unspecified atom stereocenters. The van der Waals surface area contributed by atoms with E-state index in [1.807, 2.05) is 13.8 Å². The highest BCUT2D eigenvalue weighted by molar-refractivity contribution is 5.84. The van der Waals surface area contributed by atoms with E-state index in [0.717, 1.165) is 6.08 Å². The number of hydrogen-bond donors (Lipinski definition) is 6. The van der Waals surface area contributed by atoms with E-state index in [1.165, 1.54) is 21.1 Å². The molecule has 0 aliphatic heterocycles. The van der Waals surface area contributed by atoms with Crippen molar-refractivity contribution in [1.82, 2.24) is 0 Å². The Morgan fingerprint density at radius 3 is 1.15 bits per heavy atom. The normalized spacial score (nSPS) is 14.6. The van der Waals surface area contributed by atoms with Gasteiger partial charge in [-0.2, -0.15) is 0 Å². The number of ether oxygens (including phenoxy) is 6. The van der Waals surface area contributed by atoms with Crippen LogP contribution >= 0.6 is 0 Å². The number of carboxylic acids is 2. The van der Waals surface area contributed by atoms with Crippen molar-refractivity contribution < 1.29 is 68.6 Å². The molecule has 0 aromatic rings. The molecule has 0 aliphatic carbocycles. The van der Waals surface area contributed by atoms with Gasteiger partial charge in [-0.3, -0.25) is 0 Å². The molecule has 0 amide bonds. The first-order valence-electron chi connectivity index (χ1n) is 12.9. The summed E-state index contributed by atoms with van der Waals surface area (Å²) in [6.45, 7) is 16.6. The lowest BCUT2D eigenvalue weighted by Crippen LogP contribution is -2.27. The Balaban J connectivity index is -0.000000246. The fourth-order valence-corrected chi connectivity index (χ4v) is 1.83. The van der Waals surface area contributed by atoms with Crippen molar-refractivity contribution in [2.24, 2.45) is 0 Å². The molecule has 6 atom stereocenters. The number of carbonyl (C=O) groups is 2. The Kier molecular flexibility index (Phi) is 36.5. The fraction of sp³-hybridized carbons (Fsp3) is 0.778. The van der Waals surface area contributed by atoms with Crippen molar-refractivity contribution >= 4 is 11.9 Å². The summed E-state index contributed by atoms with van der Waals surface area (Å²) in [5.74, 6) is -1.92. The van der Waals surface area contributed by atoms with Gasteiger partial charge in [-0.05, 0) is 34.6 Å². The Morgan fingerprint density at radius 2 is 0.951 bits per heavy atom. The van der Waals surface area contributed by atoms with Gasteiger partial charge in [0.25, 0.3) is 0 Å². The SMILES string of the molecule is C=C(C)C(=O)O.C=CC(=O)O.COCC(O)COC(C)COC(C)CO.COCC(O)COC(C)COC(C)CO. The Hall–Kier alpha value is -1.98. The molecule has 0 saturated carbocycles. The van der Waals surface area contributed by atoms with Crippen LogP contribution < -0.4 is 0 Å². The minimum atomic E-state index is -0.981. The van der Waals surface area contributed by atoms with Gasteiger partial charge in [0.05, 0.1) is 77.3 Å². The van der Waals surface area contributed by atoms with E-state index in [1.54, 1.807) is 13.8 Å². The van der Waals surface area contributed by atoms with Gasteiger partial charge in [-0.1, -0.05) is 13.2 Å². The number of aliphatic hydroxyl groups is 4. The number of rotatable bonds is 20. The molecule has 0 bridgehead atoms. The summed E-state index contributed by atoms with van der Waals surface area (Å²) in [7, 11) is 3.05. The number of aliphatic hydroxyl groups excluding tert-OH is 4. The van der Waals surface area contributed by atoms with Gasteiger partial charge in [0, 0.05) is 25.9 Å². The lowest BCUT2D eigenvalue weighted by Gasteiger charge is -2.18. The van der Waals surface area contributed by atoms with Gasteiger partial charge in [-0.15, -0.1) is 0 Å². The van der Waals surface area contributed by atoms with E-state index < -0.39 is 24.1 Å². The highest BCUT2D eigenvalue weighted by atomic mass is 16.6. The van der Waals surface area contributed by atoms with Crippen molar-refractivity contribution in [3.05, 3.63) is 24.8 Å². The molecule has 0 radical (unpaired) electrons. The predicted octanol–water partition coefficient (Wildman–Crippen LogP) is 0.497. The zero-order chi connectivity index (χ0) is 32.8. The van der Waals surface area contributed by atoms with Crippen molar-refractivity contribution in [3.63, 3.8) is 0 Å². The molecule has 0 rings (SSSR count). The summed E-state index contributed by atoms with van der Waals surface area (Å²) in [6.07, 6.45) is -0.948. The maximum Gasteiger partial charge on any atom is 0.330 e. The van der Waals surface area contributed by atoms with Crippen LogP contribution in [0.4, 0.5) is 0 Å². The van der Waals surface area contributed by atoms with E-state index in [0.29, 0.717) is 13.2 Å². The van der Waals surface area contributed by atoms with Crippen molar-refractivity contribution in [1.29, 1.82) is 0 Å². The molecule has 0 aromatic carbocycles. The van der Waals surface area contributed by atoms with Crippen LogP contribution in [0.2, 0.25) is 0 Å². The van der Waals surface area contributed by atoms with Gasteiger partial charge in [0.1, 0.15) is 12.2 Å². The van der Waals surface area contributed by atoms with Gasteiger partial charge < -0.3 is 59.1 Å². The lowest BCUT2D eigenvalue weighted by atomic mass is 10.4. The maximum atomic E-state index is 9.60. The highest BCUT2D eigenvalue weighted by Crippen LogP contribution is 1.99. The van der Waals surface area contributed by atoms with Crippen LogP contribution in [0.1, 0.15) is 34.6 Å². The van der Waals surface area contributed by atoms with Crippen LogP contribution in [-0.2, 0) is 38.0 Å². The molecule has 6 N–H and O–H groups in total. The third-order valence-electron chi connectivity index (χ3n) is 4.15. The van der Waals surface area contributed by atoms with Crippen molar-refractivity contribution in [3.8, 4) is 0 Å². The molecule has 0 heterocycles. The molecule has 0 saturated heterocycles. The second kappa shape index (κ2) is 32.5. The molecule has 0 fully saturated rings. The third-order valence-corrected chi connectivity index (χ3v) is 4.15. The summed E-state index contributed by atoms with van der Waals surface area (Å²) < 4.78 is 30.7. The largest absolute Gasteiger partial charge is 0.478 e. The maximum absolute atomic E-state index is 9.60. The summed E-state index contributed by atoms with van der Waals surface area (Å²) in [5, 5.41) is 51.5. The van der Waals surface area contributed by atoms with E-state index in [4.69, 9.17) is 48.8 Å². The average molecular weight is 603 g/mol. The van der Waals surface area contributed by atoms with Crippen molar-refractivity contribution in [2.45, 2.75) is 71.2 Å². The standard InChI is InChI=1S/2C10H22O5.C4H6O2.C3H4O2/c2*1-8(4-11)14-5-9(2)15-7-10(12)6-13-3;1-3(2)4(5)6;1-2-3(4)5/h2*8-12H,4-7H2,1-3H3;1H2,2H3,(H,5,6);2H,1H2,(H,4,5). The van der Waals surface area contributed by atoms with Crippen LogP contribution in [-0.4, -0.2) is 146 Å². The topological polar surface area (TPSA) is 211 Å². The quantitative estimate of drug-likeness (QED) is 0.105. The van der Waals surface area contributed by atoms with Crippen LogP contribution in [0, 0.1) is 0 Å². The van der Waals surface area contributed by atoms with E-state index in [2.05, 4.69) is 13.2 Å². The zero-order valence-electron chi connectivity index (χ0n) is 25.6. The van der Waals surface area contributed by atoms with Crippen molar-refractivity contribution in [2.75, 3.05) is 67.1 Å². The molecule has 0 aromatic heterocycles. The van der Waals surface area contributed by atoms with Gasteiger partial charge >= 0.3 is 11.9 Å². The Labute approximate surface area is 244 Å². The van der Waals surface area contributed by atoms with E-state index in [9.17, 15) is 19.8 Å². The second-order valence-electron chi connectivity index (χ2n) is 8.79. The van der Waals surface area contributed by atoms with Crippen LogP contribution in [0.3, 0.4) is 0 Å². The van der Waals surface area contributed by atoms with Gasteiger partial charge in [-0.25, -0.2) is 9.59 Å². The lowest BCUT2D eigenvalue weighted by molar-refractivity contribution is -0.133. The minimum absolute atomic E-state index is 0.000973. The summed E-state index contributed by atoms with van der Waals surface area (Å²) >= 11 is 0. The molecule has 14 heteroatoms. The summed E-state index contributed by atoms with van der Waals surface area (Å²) in [6, 6.07) is 0. The van der Waals surface area contributed by atoms with Crippen LogP contribution in [0.5, 0.6) is 0 Å². The Bertz CT molecular complexity index is 587. The van der Waals surface area contributed by atoms with Gasteiger partial charge in [0.2, 0.25) is 0 Å². The minimum Gasteiger partial charge on any atom is -0.478 e. The van der Waals surface area contributed by atoms with Crippen LogP contribution in [0.15, 0.2) is 24.8 Å². The fourth-order valence-electron chi connectivity index (χ4n) is 1.83. The molecule has 0 spiro atoms. The first-order chi connectivity index (χ1) is 19.1. The smallest absolute Gasteiger partial charge is 0.330 e. The summed E-state index contributed by atoms with van der Waals surface area (Å²) in [4.78, 5) is 18.8. The molecular weight excluding hydrogens is 548 g/mol. The van der Waals surface area contributed by atoms with E-state index >= 15 is 0 Å². The molecule has 246 valence electrons. The molecule has 14 nitrogen and oxygen atoms in total. The summed E-state index contributed by atoms with van der Waals surface area (Å²) in [5.41, 5.74) is 0.176. The third kappa shape index (κ3) is 42.6. The predicted molar refractivity (Wildman–Crippen MR) is 152 cm³/mol.